The fourth-order valence-electron chi connectivity index (χ4n) is 2.58. The molecule has 2 aromatic heterocycles. The van der Waals surface area contributed by atoms with E-state index < -0.39 is 0 Å². The molecule has 0 spiro atoms. The Kier molecular flexibility index (Phi) is 2.14. The molecular formula is C14H12N6. The lowest BCUT2D eigenvalue weighted by molar-refractivity contribution is 0.788. The Hall–Kier alpha value is -2.76. The molecule has 3 heterocycles. The van der Waals surface area contributed by atoms with E-state index in [9.17, 15) is 0 Å². The van der Waals surface area contributed by atoms with Gasteiger partial charge in [0, 0.05) is 25.2 Å². The summed E-state index contributed by atoms with van der Waals surface area (Å²) in [7, 11) is 1.86. The van der Waals surface area contributed by atoms with Gasteiger partial charge in [0.25, 0.3) is 0 Å². The van der Waals surface area contributed by atoms with E-state index in [1.165, 1.54) is 11.9 Å². The topological polar surface area (TPSA) is 82.0 Å². The van der Waals surface area contributed by atoms with E-state index in [0.717, 1.165) is 34.4 Å². The quantitative estimate of drug-likeness (QED) is 0.727. The summed E-state index contributed by atoms with van der Waals surface area (Å²) in [5.41, 5.74) is 10.8. The van der Waals surface area contributed by atoms with E-state index in [1.807, 2.05) is 25.4 Å². The number of nitrogens with zero attached hydrogens (tertiary/aromatic N) is 5. The minimum Gasteiger partial charge on any atom is -0.383 e. The minimum absolute atomic E-state index is 0.454. The second-order valence-corrected chi connectivity index (χ2v) is 4.79. The molecule has 6 heteroatoms. The number of anilines is 1. The standard InChI is InChI=1S/C14H12N6/c1-20-14-11(13(15)17-7-18-14)12(19-20)9-2-3-10-8(6-9)4-5-16-10/h2-3,5-7H,4H2,1H3,(H2,15,17,18). The van der Waals surface area contributed by atoms with Gasteiger partial charge in [0.1, 0.15) is 17.8 Å². The van der Waals surface area contributed by atoms with E-state index in [2.05, 4.69) is 26.1 Å². The molecule has 1 aliphatic heterocycles. The first-order chi connectivity index (χ1) is 9.74. The Balaban J connectivity index is 1.99. The van der Waals surface area contributed by atoms with Crippen LogP contribution in [-0.4, -0.2) is 26.0 Å². The van der Waals surface area contributed by atoms with Gasteiger partial charge in [0.15, 0.2) is 5.65 Å². The van der Waals surface area contributed by atoms with Crippen LogP contribution in [0.2, 0.25) is 0 Å². The third kappa shape index (κ3) is 1.45. The zero-order chi connectivity index (χ0) is 13.7. The van der Waals surface area contributed by atoms with Crippen LogP contribution in [0.4, 0.5) is 11.5 Å². The largest absolute Gasteiger partial charge is 0.383 e. The molecule has 1 aromatic carbocycles. The van der Waals surface area contributed by atoms with Crippen LogP contribution in [0.3, 0.4) is 0 Å². The van der Waals surface area contributed by atoms with Crippen LogP contribution in [0.5, 0.6) is 0 Å². The summed E-state index contributed by atoms with van der Waals surface area (Å²) < 4.78 is 1.73. The molecule has 0 saturated carbocycles. The van der Waals surface area contributed by atoms with Gasteiger partial charge >= 0.3 is 0 Å². The Bertz CT molecular complexity index is 861. The second-order valence-electron chi connectivity index (χ2n) is 4.79. The van der Waals surface area contributed by atoms with Crippen LogP contribution in [0.25, 0.3) is 22.3 Å². The van der Waals surface area contributed by atoms with Crippen molar-refractivity contribution >= 4 is 28.8 Å². The van der Waals surface area contributed by atoms with E-state index in [4.69, 9.17) is 5.73 Å². The predicted octanol–water partition coefficient (Wildman–Crippen LogP) is 1.87. The normalized spacial score (nSPS) is 13.1. The third-order valence-electron chi connectivity index (χ3n) is 3.54. The maximum absolute atomic E-state index is 5.99. The minimum atomic E-state index is 0.454. The average molecular weight is 264 g/mol. The molecule has 20 heavy (non-hydrogen) atoms. The molecule has 4 rings (SSSR count). The molecule has 0 atom stereocenters. The van der Waals surface area contributed by atoms with Gasteiger partial charge in [-0.3, -0.25) is 4.99 Å². The Morgan fingerprint density at radius 1 is 1.25 bits per heavy atom. The summed E-state index contributed by atoms with van der Waals surface area (Å²) >= 11 is 0. The molecule has 2 N–H and O–H groups in total. The molecular weight excluding hydrogens is 252 g/mol. The highest BCUT2D eigenvalue weighted by Crippen LogP contribution is 2.33. The van der Waals surface area contributed by atoms with Gasteiger partial charge in [-0.15, -0.1) is 0 Å². The fraction of sp³-hybridized carbons (Fsp3) is 0.143. The first kappa shape index (κ1) is 11.1. The monoisotopic (exact) mass is 264 g/mol. The maximum Gasteiger partial charge on any atom is 0.163 e. The summed E-state index contributed by atoms with van der Waals surface area (Å²) in [6, 6.07) is 6.13. The van der Waals surface area contributed by atoms with Gasteiger partial charge in [-0.1, -0.05) is 6.07 Å². The first-order valence-corrected chi connectivity index (χ1v) is 6.33. The van der Waals surface area contributed by atoms with Crippen molar-refractivity contribution in [3.8, 4) is 11.3 Å². The fourth-order valence-corrected chi connectivity index (χ4v) is 2.58. The van der Waals surface area contributed by atoms with Gasteiger partial charge in [0.2, 0.25) is 0 Å². The van der Waals surface area contributed by atoms with Crippen LogP contribution in [0.1, 0.15) is 5.56 Å². The Morgan fingerprint density at radius 3 is 3.05 bits per heavy atom. The third-order valence-corrected chi connectivity index (χ3v) is 3.54. The van der Waals surface area contributed by atoms with Crippen molar-refractivity contribution in [1.29, 1.82) is 0 Å². The van der Waals surface area contributed by atoms with Crippen molar-refractivity contribution in [2.75, 3.05) is 5.73 Å². The summed E-state index contributed by atoms with van der Waals surface area (Å²) in [6.45, 7) is 0. The lowest BCUT2D eigenvalue weighted by Crippen LogP contribution is -1.95. The number of hydrogen-bond acceptors (Lipinski definition) is 5. The predicted molar refractivity (Wildman–Crippen MR) is 78.0 cm³/mol. The van der Waals surface area contributed by atoms with Gasteiger partial charge in [-0.25, -0.2) is 14.6 Å². The highest BCUT2D eigenvalue weighted by Gasteiger charge is 2.17. The highest BCUT2D eigenvalue weighted by atomic mass is 15.3. The molecule has 0 bridgehead atoms. The molecule has 98 valence electrons. The van der Waals surface area contributed by atoms with Crippen molar-refractivity contribution in [2.24, 2.45) is 12.0 Å². The van der Waals surface area contributed by atoms with E-state index >= 15 is 0 Å². The van der Waals surface area contributed by atoms with Crippen LogP contribution < -0.4 is 5.73 Å². The van der Waals surface area contributed by atoms with Crippen LogP contribution in [0, 0.1) is 0 Å². The molecule has 6 nitrogen and oxygen atoms in total. The highest BCUT2D eigenvalue weighted by molar-refractivity contribution is 5.98. The number of fused-ring (bicyclic) bond motifs is 2. The maximum atomic E-state index is 5.99. The van der Waals surface area contributed by atoms with Gasteiger partial charge in [-0.2, -0.15) is 5.10 Å². The molecule has 0 saturated heterocycles. The number of nitrogens with two attached hydrogens (primary N) is 1. The van der Waals surface area contributed by atoms with E-state index in [0.29, 0.717) is 5.82 Å². The summed E-state index contributed by atoms with van der Waals surface area (Å²) in [6.07, 6.45) is 4.24. The van der Waals surface area contributed by atoms with Gasteiger partial charge in [-0.05, 0) is 17.7 Å². The molecule has 0 unspecified atom stereocenters. The van der Waals surface area contributed by atoms with E-state index in [-0.39, 0.29) is 0 Å². The van der Waals surface area contributed by atoms with Gasteiger partial charge < -0.3 is 5.73 Å². The van der Waals surface area contributed by atoms with Crippen molar-refractivity contribution < 1.29 is 0 Å². The lowest BCUT2D eigenvalue weighted by Gasteiger charge is -2.02. The van der Waals surface area contributed by atoms with Crippen LogP contribution in [0.15, 0.2) is 29.5 Å². The lowest BCUT2D eigenvalue weighted by atomic mass is 10.0. The number of benzene rings is 1. The number of aryl methyl sites for hydroxylation is 1. The number of aromatic nitrogens is 4. The SMILES string of the molecule is Cn1nc(-c2ccc3c(c2)CC=N3)c2c(N)ncnc21. The smallest absolute Gasteiger partial charge is 0.163 e. The van der Waals surface area contributed by atoms with Crippen molar-refractivity contribution in [1.82, 2.24) is 19.7 Å². The number of hydrogen-bond donors (Lipinski definition) is 1. The first-order valence-electron chi connectivity index (χ1n) is 6.33. The number of nitrogen functional groups attached to an aromatic ring is 1. The van der Waals surface area contributed by atoms with Gasteiger partial charge in [0.05, 0.1) is 11.1 Å². The molecule has 0 amide bonds. The number of aliphatic imine (C=N–C) groups is 1. The van der Waals surface area contributed by atoms with Crippen molar-refractivity contribution in [2.45, 2.75) is 6.42 Å². The second kappa shape index (κ2) is 3.86. The Labute approximate surface area is 115 Å². The Morgan fingerprint density at radius 2 is 2.15 bits per heavy atom. The van der Waals surface area contributed by atoms with Crippen molar-refractivity contribution in [3.05, 3.63) is 30.1 Å². The molecule has 0 fully saturated rings. The van der Waals surface area contributed by atoms with E-state index in [1.54, 1.807) is 4.68 Å². The average Bonchev–Trinajstić information content (AvgIpc) is 3.04. The summed E-state index contributed by atoms with van der Waals surface area (Å²) in [5, 5.41) is 5.34. The zero-order valence-corrected chi connectivity index (χ0v) is 10.9. The molecule has 3 aromatic rings. The van der Waals surface area contributed by atoms with Crippen molar-refractivity contribution in [3.63, 3.8) is 0 Å². The molecule has 0 aliphatic carbocycles. The van der Waals surface area contributed by atoms with Crippen LogP contribution in [-0.2, 0) is 13.5 Å². The summed E-state index contributed by atoms with van der Waals surface area (Å²) in [4.78, 5) is 12.6. The molecule has 1 aliphatic rings. The van der Waals surface area contributed by atoms with Crippen LogP contribution >= 0.6 is 0 Å². The summed E-state index contributed by atoms with van der Waals surface area (Å²) in [5.74, 6) is 0.454. The zero-order valence-electron chi connectivity index (χ0n) is 10.9. The number of rotatable bonds is 1. The molecule has 0 radical (unpaired) electrons.